The van der Waals surface area contributed by atoms with E-state index in [0.29, 0.717) is 55.5 Å². The molecule has 7 nitrogen and oxygen atoms in total. The number of aryl methyl sites for hydroxylation is 2. The predicted octanol–water partition coefficient (Wildman–Crippen LogP) is 5.11. The Kier molecular flexibility index (Phi) is 6.26. The number of fused-ring (bicyclic) bond motifs is 3. The van der Waals surface area contributed by atoms with Gasteiger partial charge in [0.15, 0.2) is 5.67 Å². The van der Waals surface area contributed by atoms with Crippen molar-refractivity contribution in [1.29, 1.82) is 5.26 Å². The number of amides is 1. The summed E-state index contributed by atoms with van der Waals surface area (Å²) in [6.45, 7) is 6.55. The van der Waals surface area contributed by atoms with Gasteiger partial charge in [0.25, 0.3) is 5.91 Å². The normalized spacial score (nSPS) is 19.8. The summed E-state index contributed by atoms with van der Waals surface area (Å²) < 4.78 is 28.9. The lowest BCUT2D eigenvalue weighted by Crippen LogP contribution is -2.45. The smallest absolute Gasteiger partial charge is 0.260 e. The topological polar surface area (TPSA) is 99.0 Å². The fourth-order valence-corrected chi connectivity index (χ4v) is 9.24. The van der Waals surface area contributed by atoms with E-state index in [1.807, 2.05) is 45.0 Å². The van der Waals surface area contributed by atoms with Crippen molar-refractivity contribution < 1.29 is 13.8 Å². The van der Waals surface area contributed by atoms with Gasteiger partial charge in [0, 0.05) is 36.1 Å². The maximum Gasteiger partial charge on any atom is 0.260 e. The number of carbonyl (C=O) groups is 1. The van der Waals surface area contributed by atoms with E-state index in [1.54, 1.807) is 4.90 Å². The lowest BCUT2D eigenvalue weighted by atomic mass is 9.98. The molecular formula is C30H33FN5O2P. The summed E-state index contributed by atoms with van der Waals surface area (Å²) in [5.74, 6) is 0.925. The van der Waals surface area contributed by atoms with Crippen LogP contribution in [-0.4, -0.2) is 51.9 Å². The number of halogens is 1. The third-order valence-corrected chi connectivity index (χ3v) is 11.8. The molecule has 9 heteroatoms. The van der Waals surface area contributed by atoms with Crippen LogP contribution in [0, 0.1) is 25.2 Å². The summed E-state index contributed by atoms with van der Waals surface area (Å²) in [5.41, 5.74) is 4.11. The molecule has 1 aliphatic heterocycles. The molecule has 0 spiro atoms. The van der Waals surface area contributed by atoms with Crippen LogP contribution >= 0.6 is 7.14 Å². The number of nitrogens with zero attached hydrogens (tertiary/aromatic N) is 4. The van der Waals surface area contributed by atoms with Crippen LogP contribution < -0.4 is 10.6 Å². The van der Waals surface area contributed by atoms with E-state index >= 15 is 0 Å². The molecule has 39 heavy (non-hydrogen) atoms. The Hall–Kier alpha value is -3.30. The van der Waals surface area contributed by atoms with Gasteiger partial charge in [0.2, 0.25) is 0 Å². The minimum absolute atomic E-state index is 0.117. The minimum atomic E-state index is -2.80. The van der Waals surface area contributed by atoms with Crippen LogP contribution in [0.4, 0.5) is 10.2 Å². The molecule has 2 aromatic carbocycles. The number of hydrogen-bond acceptors (Lipinski definition) is 6. The molecule has 0 bridgehead atoms. The van der Waals surface area contributed by atoms with Gasteiger partial charge in [-0.15, -0.1) is 0 Å². The third kappa shape index (κ3) is 4.41. The highest BCUT2D eigenvalue weighted by Crippen LogP contribution is 2.51. The van der Waals surface area contributed by atoms with Gasteiger partial charge in [-0.1, -0.05) is 12.1 Å². The maximum atomic E-state index is 14.5. The van der Waals surface area contributed by atoms with Crippen LogP contribution in [0.3, 0.4) is 0 Å². The molecule has 202 valence electrons. The van der Waals surface area contributed by atoms with Crippen molar-refractivity contribution in [1.82, 2.24) is 14.9 Å². The number of carbonyl (C=O) groups excluding carboxylic acids is 1. The largest absolute Gasteiger partial charge is 0.363 e. The number of hydrogen-bond donors (Lipinski definition) is 1. The zero-order chi connectivity index (χ0) is 27.5. The Balaban J connectivity index is 1.38. The highest BCUT2D eigenvalue weighted by atomic mass is 31.2. The molecule has 1 atom stereocenters. The first-order chi connectivity index (χ1) is 18.6. The van der Waals surface area contributed by atoms with E-state index in [4.69, 9.17) is 9.97 Å². The van der Waals surface area contributed by atoms with Gasteiger partial charge in [-0.3, -0.25) is 4.79 Å². The number of benzene rings is 2. The number of rotatable bonds is 5. The Morgan fingerprint density at radius 1 is 1.18 bits per heavy atom. The number of nitrogens with one attached hydrogen (secondary N) is 1. The molecule has 1 N–H and O–H groups in total. The van der Waals surface area contributed by atoms with Crippen molar-refractivity contribution >= 4 is 35.1 Å². The molecule has 0 unspecified atom stereocenters. The molecule has 3 aliphatic rings. The first-order valence-electron chi connectivity index (χ1n) is 13.8. The molecule has 1 saturated carbocycles. The summed E-state index contributed by atoms with van der Waals surface area (Å²) in [6.07, 6.45) is 4.07. The number of nitriles is 1. The molecule has 3 aromatic rings. The van der Waals surface area contributed by atoms with Crippen LogP contribution in [0.15, 0.2) is 24.3 Å². The van der Waals surface area contributed by atoms with Gasteiger partial charge >= 0.3 is 0 Å². The van der Waals surface area contributed by atoms with Crippen LogP contribution in [-0.2, 0) is 22.2 Å². The fourth-order valence-electron chi connectivity index (χ4n) is 6.30. The van der Waals surface area contributed by atoms with Crippen LogP contribution in [0.25, 0.3) is 10.9 Å². The SMILES string of the molecule is Cc1nc(N[C@H](C)c2cccc(C#N)c2C)c2cc(P3(=O)CCN(C(=O)C4(F)CC4)CC3)c3c(c2n1)CCC3. The van der Waals surface area contributed by atoms with Gasteiger partial charge < -0.3 is 14.8 Å². The van der Waals surface area contributed by atoms with Crippen molar-refractivity contribution in [3.63, 3.8) is 0 Å². The number of aromatic nitrogens is 2. The summed E-state index contributed by atoms with van der Waals surface area (Å²) in [6, 6.07) is 9.90. The number of anilines is 1. The van der Waals surface area contributed by atoms with Crippen LogP contribution in [0.1, 0.15) is 65.9 Å². The lowest BCUT2D eigenvalue weighted by Gasteiger charge is -2.34. The van der Waals surface area contributed by atoms with E-state index < -0.39 is 18.7 Å². The highest BCUT2D eigenvalue weighted by Gasteiger charge is 2.53. The molecule has 1 amide bonds. The monoisotopic (exact) mass is 545 g/mol. The van der Waals surface area contributed by atoms with Gasteiger partial charge in [-0.05, 0) is 87.3 Å². The second-order valence-electron chi connectivity index (χ2n) is 11.3. The summed E-state index contributed by atoms with van der Waals surface area (Å²) in [7, 11) is -2.80. The van der Waals surface area contributed by atoms with Crippen LogP contribution in [0.5, 0.6) is 0 Å². The number of alkyl halides is 1. The lowest BCUT2D eigenvalue weighted by molar-refractivity contribution is -0.137. The van der Waals surface area contributed by atoms with Gasteiger partial charge in [-0.2, -0.15) is 5.26 Å². The molecule has 2 fully saturated rings. The predicted molar refractivity (Wildman–Crippen MR) is 151 cm³/mol. The van der Waals surface area contributed by atoms with Crippen molar-refractivity contribution in [2.75, 3.05) is 30.7 Å². The summed E-state index contributed by atoms with van der Waals surface area (Å²) in [4.78, 5) is 23.7. The zero-order valence-electron chi connectivity index (χ0n) is 22.7. The van der Waals surface area contributed by atoms with E-state index in [1.165, 1.54) is 0 Å². The highest BCUT2D eigenvalue weighted by molar-refractivity contribution is 7.71. The van der Waals surface area contributed by atoms with Gasteiger partial charge in [-0.25, -0.2) is 14.4 Å². The molecule has 2 heterocycles. The average Bonchev–Trinajstić information content (AvgIpc) is 3.47. The summed E-state index contributed by atoms with van der Waals surface area (Å²) >= 11 is 0. The molecular weight excluding hydrogens is 512 g/mol. The second-order valence-corrected chi connectivity index (χ2v) is 14.5. The fraction of sp³-hybridized carbons (Fsp3) is 0.467. The third-order valence-electron chi connectivity index (χ3n) is 8.73. The zero-order valence-corrected chi connectivity index (χ0v) is 23.6. The van der Waals surface area contributed by atoms with Crippen molar-refractivity contribution in [3.05, 3.63) is 57.9 Å². The first-order valence-corrected chi connectivity index (χ1v) is 15.9. The van der Waals surface area contributed by atoms with Gasteiger partial charge in [0.1, 0.15) is 18.8 Å². The second kappa shape index (κ2) is 9.41. The summed E-state index contributed by atoms with van der Waals surface area (Å²) in [5, 5.41) is 14.8. The molecule has 6 rings (SSSR count). The van der Waals surface area contributed by atoms with E-state index in [-0.39, 0.29) is 6.04 Å². The van der Waals surface area contributed by atoms with E-state index in [0.717, 1.165) is 57.7 Å². The standard InChI is InChI=1S/C30H33FN5O2P/c1-18-21(17-32)6-4-7-22(18)19(2)33-28-25-16-26(23-8-5-9-24(23)27(25)34-20(3)35-28)39(38)14-12-36(13-15-39)29(37)30(31)10-11-30/h4,6-7,16,19H,5,8-15H2,1-3H3,(H,33,34,35)/t19-/m1/s1. The Morgan fingerprint density at radius 2 is 1.90 bits per heavy atom. The van der Waals surface area contributed by atoms with Crippen molar-refractivity contribution in [3.8, 4) is 6.07 Å². The quantitative estimate of drug-likeness (QED) is 0.448. The Bertz CT molecular complexity index is 1600. The van der Waals surface area contributed by atoms with Crippen molar-refractivity contribution in [2.45, 2.75) is 64.6 Å². The first kappa shape index (κ1) is 26.0. The minimum Gasteiger partial charge on any atom is -0.363 e. The van der Waals surface area contributed by atoms with E-state index in [9.17, 15) is 19.0 Å². The van der Waals surface area contributed by atoms with Crippen molar-refractivity contribution in [2.24, 2.45) is 0 Å². The molecule has 2 aliphatic carbocycles. The molecule has 0 radical (unpaired) electrons. The average molecular weight is 546 g/mol. The Morgan fingerprint density at radius 3 is 2.59 bits per heavy atom. The van der Waals surface area contributed by atoms with E-state index in [2.05, 4.69) is 11.4 Å². The van der Waals surface area contributed by atoms with Gasteiger partial charge in [0.05, 0.1) is 23.2 Å². The maximum absolute atomic E-state index is 14.5. The van der Waals surface area contributed by atoms with Crippen LogP contribution in [0.2, 0.25) is 0 Å². The molecule has 1 saturated heterocycles. The Labute approximate surface area is 228 Å². The molecule has 1 aromatic heterocycles.